The van der Waals surface area contributed by atoms with E-state index >= 15 is 0 Å². The van der Waals surface area contributed by atoms with Gasteiger partial charge in [-0.15, -0.1) is 0 Å². The molecule has 0 saturated heterocycles. The number of halogens is 1. The topological polar surface area (TPSA) is 29.5 Å². The van der Waals surface area contributed by atoms with Gasteiger partial charge in [0.1, 0.15) is 6.61 Å². The average molecular weight is 358 g/mol. The molecule has 1 aliphatic heterocycles. The Balaban J connectivity index is 1.74. The predicted molar refractivity (Wildman–Crippen MR) is 103 cm³/mol. The van der Waals surface area contributed by atoms with Crippen molar-refractivity contribution in [1.29, 1.82) is 0 Å². The predicted octanol–water partition coefficient (Wildman–Crippen LogP) is 5.29. The van der Waals surface area contributed by atoms with Crippen molar-refractivity contribution in [3.63, 3.8) is 0 Å². The highest BCUT2D eigenvalue weighted by molar-refractivity contribution is 6.31. The molecule has 0 radical (unpaired) electrons. The van der Waals surface area contributed by atoms with Crippen molar-refractivity contribution in [3.8, 4) is 0 Å². The average Bonchev–Trinajstić information content (AvgIpc) is 2.57. The third kappa shape index (κ3) is 3.67. The number of carbonyl (C=O) groups excluding carboxylic acids is 1. The quantitative estimate of drug-likeness (QED) is 0.696. The maximum Gasteiger partial charge on any atom is 0.338 e. The number of ether oxygens (including phenoxy) is 1. The second-order valence-electron chi connectivity index (χ2n) is 7.24. The molecule has 3 nitrogen and oxygen atoms in total. The molecule has 0 aliphatic carbocycles. The lowest BCUT2D eigenvalue weighted by Gasteiger charge is -2.47. The van der Waals surface area contributed by atoms with E-state index in [2.05, 4.69) is 31.7 Å². The molecule has 2 aromatic carbocycles. The molecule has 0 saturated carbocycles. The molecule has 0 bridgehead atoms. The summed E-state index contributed by atoms with van der Waals surface area (Å²) in [6, 6.07) is 15.1. The van der Waals surface area contributed by atoms with Gasteiger partial charge in [0.2, 0.25) is 0 Å². The van der Waals surface area contributed by atoms with Crippen molar-refractivity contribution in [2.24, 2.45) is 0 Å². The molecule has 1 heterocycles. The number of anilines is 1. The Kier molecular flexibility index (Phi) is 5.05. The van der Waals surface area contributed by atoms with Crippen molar-refractivity contribution >= 4 is 23.3 Å². The molecule has 4 heteroatoms. The highest BCUT2D eigenvalue weighted by atomic mass is 35.5. The largest absolute Gasteiger partial charge is 0.460 e. The molecule has 1 aliphatic rings. The zero-order chi connectivity index (χ0) is 18.0. The minimum Gasteiger partial charge on any atom is -0.460 e. The number of benzene rings is 2. The zero-order valence-corrected chi connectivity index (χ0v) is 15.7. The molecular weight excluding hydrogens is 334 g/mol. The van der Waals surface area contributed by atoms with Crippen LogP contribution in [0.2, 0.25) is 5.02 Å². The van der Waals surface area contributed by atoms with Crippen LogP contribution < -0.4 is 4.90 Å². The summed E-state index contributed by atoms with van der Waals surface area (Å²) in [5.74, 6) is 0.122. The van der Waals surface area contributed by atoms with Gasteiger partial charge < -0.3 is 9.64 Å². The number of hydrogen-bond acceptors (Lipinski definition) is 3. The molecule has 0 spiro atoms. The molecule has 0 amide bonds. The van der Waals surface area contributed by atoms with Gasteiger partial charge in [0, 0.05) is 16.2 Å². The third-order valence-electron chi connectivity index (χ3n) is 4.91. The summed E-state index contributed by atoms with van der Waals surface area (Å²) in [6.07, 6.45) is 1.01. The lowest BCUT2D eigenvalue weighted by atomic mass is 9.80. The van der Waals surface area contributed by atoms with E-state index in [9.17, 15) is 4.79 Å². The van der Waals surface area contributed by atoms with Crippen molar-refractivity contribution < 1.29 is 9.53 Å². The minimum atomic E-state index is -0.282. The van der Waals surface area contributed by atoms with E-state index in [1.165, 1.54) is 5.56 Å². The van der Waals surface area contributed by atoms with Crippen molar-refractivity contribution in [2.45, 2.75) is 38.6 Å². The van der Waals surface area contributed by atoms with Gasteiger partial charge in [-0.1, -0.05) is 42.8 Å². The van der Waals surface area contributed by atoms with Gasteiger partial charge >= 0.3 is 5.97 Å². The normalized spacial score (nSPS) is 18.6. The van der Waals surface area contributed by atoms with Gasteiger partial charge in [0.15, 0.2) is 0 Å². The van der Waals surface area contributed by atoms with Gasteiger partial charge in [-0.2, -0.15) is 0 Å². The van der Waals surface area contributed by atoms with E-state index in [0.29, 0.717) is 24.6 Å². The fraction of sp³-hybridized carbons (Fsp3) is 0.381. The van der Waals surface area contributed by atoms with Crippen molar-refractivity contribution in [1.82, 2.24) is 0 Å². The summed E-state index contributed by atoms with van der Waals surface area (Å²) in [6.45, 7) is 7.67. The maximum atomic E-state index is 12.1. The summed E-state index contributed by atoms with van der Waals surface area (Å²) in [4.78, 5) is 14.4. The molecule has 1 unspecified atom stereocenters. The molecule has 1 atom stereocenters. The summed E-state index contributed by atoms with van der Waals surface area (Å²) >= 11 is 6.45. The highest BCUT2D eigenvalue weighted by Gasteiger charge is 2.37. The van der Waals surface area contributed by atoms with Crippen molar-refractivity contribution in [2.75, 3.05) is 18.1 Å². The van der Waals surface area contributed by atoms with Crippen LogP contribution in [0.3, 0.4) is 0 Å². The summed E-state index contributed by atoms with van der Waals surface area (Å²) in [5.41, 5.74) is 2.90. The van der Waals surface area contributed by atoms with Crippen LogP contribution in [0.25, 0.3) is 0 Å². The molecule has 2 aromatic rings. The van der Waals surface area contributed by atoms with Gasteiger partial charge in [-0.25, -0.2) is 4.79 Å². The van der Waals surface area contributed by atoms with Crippen LogP contribution >= 0.6 is 11.6 Å². The SMILES string of the molecule is CC1CC(C)(C)N(CCOC(=O)c2ccccc2)c2cccc(Cl)c21. The number of esters is 1. The Labute approximate surface area is 154 Å². The first-order chi connectivity index (χ1) is 11.9. The lowest BCUT2D eigenvalue weighted by Crippen LogP contribution is -2.49. The van der Waals surface area contributed by atoms with Gasteiger partial charge in [-0.05, 0) is 56.0 Å². The number of carbonyl (C=O) groups is 1. The first-order valence-electron chi connectivity index (χ1n) is 8.68. The molecular formula is C21H24ClNO2. The van der Waals surface area contributed by atoms with Gasteiger partial charge in [0.05, 0.1) is 12.1 Å². The van der Waals surface area contributed by atoms with Crippen LogP contribution in [0.1, 0.15) is 49.0 Å². The van der Waals surface area contributed by atoms with Crippen molar-refractivity contribution in [3.05, 3.63) is 64.7 Å². The van der Waals surface area contributed by atoms with Gasteiger partial charge in [-0.3, -0.25) is 0 Å². The fourth-order valence-electron chi connectivity index (χ4n) is 3.85. The van der Waals surface area contributed by atoms with Crippen LogP contribution in [0.5, 0.6) is 0 Å². The highest BCUT2D eigenvalue weighted by Crippen LogP contribution is 2.45. The molecule has 3 rings (SSSR count). The standard InChI is InChI=1S/C21H24ClNO2/c1-15-14-21(2,3)23(18-11-7-10-17(22)19(15)18)12-13-25-20(24)16-8-5-4-6-9-16/h4-11,15H,12-14H2,1-3H3. The molecule has 0 fully saturated rings. The number of rotatable bonds is 4. The van der Waals surface area contributed by atoms with E-state index in [4.69, 9.17) is 16.3 Å². The Morgan fingerprint density at radius 2 is 1.92 bits per heavy atom. The Morgan fingerprint density at radius 3 is 2.64 bits per heavy atom. The summed E-state index contributed by atoms with van der Waals surface area (Å²) in [5, 5.41) is 0.812. The van der Waals surface area contributed by atoms with Crippen LogP contribution in [0.4, 0.5) is 5.69 Å². The van der Waals surface area contributed by atoms with Crippen LogP contribution in [-0.2, 0) is 4.74 Å². The Bertz CT molecular complexity index is 758. The van der Waals surface area contributed by atoms with Crippen LogP contribution in [0, 0.1) is 0 Å². The zero-order valence-electron chi connectivity index (χ0n) is 15.0. The second-order valence-corrected chi connectivity index (χ2v) is 7.65. The maximum absolute atomic E-state index is 12.1. The fourth-order valence-corrected chi connectivity index (χ4v) is 4.20. The smallest absolute Gasteiger partial charge is 0.338 e. The molecule has 132 valence electrons. The van der Waals surface area contributed by atoms with E-state index in [0.717, 1.165) is 17.1 Å². The molecule has 25 heavy (non-hydrogen) atoms. The minimum absolute atomic E-state index is 0.0176. The third-order valence-corrected chi connectivity index (χ3v) is 5.24. The van der Waals surface area contributed by atoms with Crippen LogP contribution in [-0.4, -0.2) is 24.7 Å². The van der Waals surface area contributed by atoms with E-state index in [1.807, 2.05) is 30.3 Å². The molecule has 0 N–H and O–H groups in total. The van der Waals surface area contributed by atoms with Gasteiger partial charge in [0.25, 0.3) is 0 Å². The Hall–Kier alpha value is -2.00. The first-order valence-corrected chi connectivity index (χ1v) is 9.06. The second kappa shape index (κ2) is 7.09. The number of nitrogens with zero attached hydrogens (tertiary/aromatic N) is 1. The van der Waals surface area contributed by atoms with Crippen LogP contribution in [0.15, 0.2) is 48.5 Å². The van der Waals surface area contributed by atoms with E-state index < -0.39 is 0 Å². The van der Waals surface area contributed by atoms with E-state index in [-0.39, 0.29) is 11.5 Å². The lowest BCUT2D eigenvalue weighted by molar-refractivity contribution is 0.0509. The molecule has 0 aromatic heterocycles. The van der Waals surface area contributed by atoms with E-state index in [1.54, 1.807) is 12.1 Å². The number of hydrogen-bond donors (Lipinski definition) is 0. The summed E-state index contributed by atoms with van der Waals surface area (Å²) in [7, 11) is 0. The number of fused-ring (bicyclic) bond motifs is 1. The summed E-state index contributed by atoms with van der Waals surface area (Å²) < 4.78 is 5.48. The monoisotopic (exact) mass is 357 g/mol. The Morgan fingerprint density at radius 1 is 1.20 bits per heavy atom. The first kappa shape index (κ1) is 17.8.